The van der Waals surface area contributed by atoms with Crippen LogP contribution in [0.5, 0.6) is 5.75 Å². The van der Waals surface area contributed by atoms with Crippen LogP contribution in [0.25, 0.3) is 0 Å². The topological polar surface area (TPSA) is 52.1 Å². The fourth-order valence-electron chi connectivity index (χ4n) is 1.17. The van der Waals surface area contributed by atoms with Crippen molar-refractivity contribution >= 4 is 17.6 Å². The quantitative estimate of drug-likeness (QED) is 0.761. The Kier molecular flexibility index (Phi) is 3.26. The number of hydrogen-bond donors (Lipinski definition) is 0. The van der Waals surface area contributed by atoms with Gasteiger partial charge in [0.15, 0.2) is 6.29 Å². The highest BCUT2D eigenvalue weighted by molar-refractivity contribution is 7.11. The lowest BCUT2D eigenvalue weighted by molar-refractivity contribution is 0.111. The van der Waals surface area contributed by atoms with E-state index in [1.54, 1.807) is 29.7 Å². The highest BCUT2D eigenvalue weighted by Crippen LogP contribution is 2.15. The minimum Gasteiger partial charge on any atom is -0.486 e. The van der Waals surface area contributed by atoms with Gasteiger partial charge in [0, 0.05) is 6.20 Å². The maximum absolute atomic E-state index is 10.4. The maximum atomic E-state index is 10.4. The van der Waals surface area contributed by atoms with Gasteiger partial charge in [-0.05, 0) is 19.1 Å². The molecule has 0 saturated carbocycles. The van der Waals surface area contributed by atoms with Gasteiger partial charge in [0.25, 0.3) is 0 Å². The van der Waals surface area contributed by atoms with E-state index in [2.05, 4.69) is 9.97 Å². The molecule has 0 spiro atoms. The molecule has 0 fully saturated rings. The standard InChI is InChI=1S/C11H10N2O2S/c1-8-12-5-11(16-8)7-15-10-3-2-9(6-14)13-4-10/h2-6H,7H2,1H3. The molecule has 0 aliphatic rings. The lowest BCUT2D eigenvalue weighted by Crippen LogP contribution is -1.94. The first-order valence-corrected chi connectivity index (χ1v) is 5.55. The van der Waals surface area contributed by atoms with E-state index < -0.39 is 0 Å². The lowest BCUT2D eigenvalue weighted by atomic mass is 10.4. The SMILES string of the molecule is Cc1ncc(COc2ccc(C=O)nc2)s1. The van der Waals surface area contributed by atoms with Gasteiger partial charge < -0.3 is 4.74 Å². The predicted octanol–water partition coefficient (Wildman–Crippen LogP) is 2.24. The molecule has 0 atom stereocenters. The van der Waals surface area contributed by atoms with Crippen molar-refractivity contribution in [1.29, 1.82) is 0 Å². The monoisotopic (exact) mass is 234 g/mol. The molecule has 2 aromatic rings. The highest BCUT2D eigenvalue weighted by Gasteiger charge is 2.00. The number of thiazole rings is 1. The van der Waals surface area contributed by atoms with Gasteiger partial charge in [-0.2, -0.15) is 0 Å². The minimum atomic E-state index is 0.404. The minimum absolute atomic E-state index is 0.404. The summed E-state index contributed by atoms with van der Waals surface area (Å²) in [5.41, 5.74) is 0.404. The lowest BCUT2D eigenvalue weighted by Gasteiger charge is -2.02. The summed E-state index contributed by atoms with van der Waals surface area (Å²) in [5, 5.41) is 1.02. The normalized spacial score (nSPS) is 10.1. The largest absolute Gasteiger partial charge is 0.486 e. The number of pyridine rings is 1. The fourth-order valence-corrected chi connectivity index (χ4v) is 1.88. The van der Waals surface area contributed by atoms with Gasteiger partial charge in [-0.25, -0.2) is 9.97 Å². The van der Waals surface area contributed by atoms with Gasteiger partial charge >= 0.3 is 0 Å². The second-order valence-corrected chi connectivity index (χ2v) is 4.49. The number of aromatic nitrogens is 2. The molecule has 2 aromatic heterocycles. The molecular weight excluding hydrogens is 224 g/mol. The molecule has 5 heteroatoms. The summed E-state index contributed by atoms with van der Waals surface area (Å²) in [6.07, 6.45) is 4.04. The van der Waals surface area contributed by atoms with Crippen molar-refractivity contribution in [2.24, 2.45) is 0 Å². The van der Waals surface area contributed by atoms with Crippen molar-refractivity contribution < 1.29 is 9.53 Å². The van der Waals surface area contributed by atoms with Crippen LogP contribution in [0.15, 0.2) is 24.5 Å². The van der Waals surface area contributed by atoms with Crippen molar-refractivity contribution in [3.05, 3.63) is 40.1 Å². The van der Waals surface area contributed by atoms with Gasteiger partial charge in [-0.3, -0.25) is 4.79 Å². The summed E-state index contributed by atoms with van der Waals surface area (Å²) in [6, 6.07) is 3.35. The number of aldehydes is 1. The van der Waals surface area contributed by atoms with Gasteiger partial charge in [0.1, 0.15) is 18.1 Å². The van der Waals surface area contributed by atoms with Crippen LogP contribution in [-0.2, 0) is 6.61 Å². The van der Waals surface area contributed by atoms with E-state index >= 15 is 0 Å². The van der Waals surface area contributed by atoms with Crippen molar-refractivity contribution in [2.75, 3.05) is 0 Å². The molecule has 0 radical (unpaired) electrons. The maximum Gasteiger partial charge on any atom is 0.168 e. The Morgan fingerprint density at radius 2 is 2.25 bits per heavy atom. The Hall–Kier alpha value is -1.75. The number of carbonyl (C=O) groups is 1. The van der Waals surface area contributed by atoms with Gasteiger partial charge in [0.05, 0.1) is 16.1 Å². The average molecular weight is 234 g/mol. The third-order valence-electron chi connectivity index (χ3n) is 1.93. The van der Waals surface area contributed by atoms with Crippen molar-refractivity contribution in [3.8, 4) is 5.75 Å². The van der Waals surface area contributed by atoms with Gasteiger partial charge in [-0.15, -0.1) is 11.3 Å². The molecule has 4 nitrogen and oxygen atoms in total. The second kappa shape index (κ2) is 4.85. The first-order valence-electron chi connectivity index (χ1n) is 4.73. The molecule has 0 N–H and O–H groups in total. The molecule has 82 valence electrons. The van der Waals surface area contributed by atoms with Crippen molar-refractivity contribution in [1.82, 2.24) is 9.97 Å². The molecule has 0 unspecified atom stereocenters. The summed E-state index contributed by atoms with van der Waals surface area (Å²) in [6.45, 7) is 2.43. The number of carbonyl (C=O) groups excluding carboxylic acids is 1. The summed E-state index contributed by atoms with van der Waals surface area (Å²) in [4.78, 5) is 19.5. The molecule has 0 saturated heterocycles. The smallest absolute Gasteiger partial charge is 0.168 e. The Morgan fingerprint density at radius 3 is 2.81 bits per heavy atom. The van der Waals surface area contributed by atoms with E-state index in [-0.39, 0.29) is 0 Å². The third kappa shape index (κ3) is 2.64. The van der Waals surface area contributed by atoms with E-state index in [0.717, 1.165) is 9.88 Å². The molecule has 16 heavy (non-hydrogen) atoms. The van der Waals surface area contributed by atoms with E-state index in [9.17, 15) is 4.79 Å². The first kappa shape index (κ1) is 10.8. The van der Waals surface area contributed by atoms with Crippen molar-refractivity contribution in [3.63, 3.8) is 0 Å². The first-order chi connectivity index (χ1) is 7.78. The Labute approximate surface area is 96.9 Å². The van der Waals surface area contributed by atoms with Crippen LogP contribution < -0.4 is 4.74 Å². The predicted molar refractivity (Wildman–Crippen MR) is 60.8 cm³/mol. The average Bonchev–Trinajstić information content (AvgIpc) is 2.73. The molecular formula is C11H10N2O2S. The van der Waals surface area contributed by atoms with Crippen molar-refractivity contribution in [2.45, 2.75) is 13.5 Å². The Morgan fingerprint density at radius 1 is 1.38 bits per heavy atom. The summed E-state index contributed by atoms with van der Waals surface area (Å²) >= 11 is 1.60. The van der Waals surface area contributed by atoms with Crippen LogP contribution >= 0.6 is 11.3 Å². The number of ether oxygens (including phenoxy) is 1. The Bertz CT molecular complexity index is 479. The van der Waals surface area contributed by atoms with Gasteiger partial charge in [0.2, 0.25) is 0 Å². The van der Waals surface area contributed by atoms with E-state index in [1.807, 2.05) is 6.92 Å². The number of rotatable bonds is 4. The number of hydrogen-bond acceptors (Lipinski definition) is 5. The van der Waals surface area contributed by atoms with Crippen LogP contribution in [-0.4, -0.2) is 16.3 Å². The molecule has 2 rings (SSSR count). The van der Waals surface area contributed by atoms with Crippen LogP contribution in [0, 0.1) is 6.92 Å². The van der Waals surface area contributed by atoms with E-state index in [0.29, 0.717) is 24.3 Å². The molecule has 0 aliphatic heterocycles. The van der Waals surface area contributed by atoms with Crippen LogP contribution in [0.3, 0.4) is 0 Å². The molecule has 0 amide bonds. The fraction of sp³-hybridized carbons (Fsp3) is 0.182. The van der Waals surface area contributed by atoms with E-state index in [1.165, 1.54) is 6.20 Å². The molecule has 0 aliphatic carbocycles. The Balaban J connectivity index is 1.96. The van der Waals surface area contributed by atoms with Crippen LogP contribution in [0.4, 0.5) is 0 Å². The van der Waals surface area contributed by atoms with Gasteiger partial charge in [-0.1, -0.05) is 0 Å². The summed E-state index contributed by atoms with van der Waals surface area (Å²) in [5.74, 6) is 0.650. The van der Waals surface area contributed by atoms with E-state index in [4.69, 9.17) is 4.74 Å². The zero-order valence-corrected chi connectivity index (χ0v) is 9.53. The number of nitrogens with zero attached hydrogens (tertiary/aromatic N) is 2. The summed E-state index contributed by atoms with van der Waals surface area (Å²) < 4.78 is 5.50. The molecule has 0 bridgehead atoms. The summed E-state index contributed by atoms with van der Waals surface area (Å²) in [7, 11) is 0. The molecule has 0 aromatic carbocycles. The van der Waals surface area contributed by atoms with Crippen LogP contribution in [0.2, 0.25) is 0 Å². The highest BCUT2D eigenvalue weighted by atomic mass is 32.1. The third-order valence-corrected chi connectivity index (χ3v) is 2.82. The number of aryl methyl sites for hydroxylation is 1. The van der Waals surface area contributed by atoms with Crippen LogP contribution in [0.1, 0.15) is 20.4 Å². The zero-order chi connectivity index (χ0) is 11.4. The molecule has 2 heterocycles. The second-order valence-electron chi connectivity index (χ2n) is 3.17. The zero-order valence-electron chi connectivity index (χ0n) is 8.71.